The van der Waals surface area contributed by atoms with Gasteiger partial charge in [-0.1, -0.05) is 0 Å². The van der Waals surface area contributed by atoms with E-state index in [1.54, 1.807) is 0 Å². The van der Waals surface area contributed by atoms with Crippen molar-refractivity contribution in [1.29, 1.82) is 0 Å². The summed E-state index contributed by atoms with van der Waals surface area (Å²) in [5.41, 5.74) is 0. The molecular weight excluding hydrogens is 226 g/mol. The lowest BCUT2D eigenvalue weighted by atomic mass is 10.1. The number of hydrogen-bond donors (Lipinski definition) is 1. The van der Waals surface area contributed by atoms with Crippen LogP contribution in [0.1, 0.15) is 19.8 Å². The van der Waals surface area contributed by atoms with Crippen LogP contribution in [0.15, 0.2) is 0 Å². The average molecular weight is 242 g/mol. The van der Waals surface area contributed by atoms with Crippen molar-refractivity contribution in [3.63, 3.8) is 0 Å². The molecule has 1 aliphatic heterocycles. The van der Waals surface area contributed by atoms with Crippen LogP contribution in [0.5, 0.6) is 0 Å². The fourth-order valence-corrected chi connectivity index (χ4v) is 3.17. The third kappa shape index (κ3) is 3.73. The van der Waals surface area contributed by atoms with Crippen molar-refractivity contribution in [1.82, 2.24) is 4.72 Å². The van der Waals surface area contributed by atoms with Crippen molar-refractivity contribution in [2.24, 2.45) is 0 Å². The molecule has 0 aromatic rings. The number of rotatable bonds is 5. The van der Waals surface area contributed by atoms with E-state index in [2.05, 4.69) is 4.72 Å². The SMILES string of the molecule is CC(NS(=O)(=O)CCCl)C1CCCO1. The summed E-state index contributed by atoms with van der Waals surface area (Å²) in [7, 11) is -3.23. The first-order valence-corrected chi connectivity index (χ1v) is 6.91. The van der Waals surface area contributed by atoms with Gasteiger partial charge in [-0.05, 0) is 19.8 Å². The van der Waals surface area contributed by atoms with Crippen LogP contribution in [-0.4, -0.2) is 38.8 Å². The Morgan fingerprint density at radius 3 is 2.86 bits per heavy atom. The van der Waals surface area contributed by atoms with Gasteiger partial charge in [0.2, 0.25) is 10.0 Å². The highest BCUT2D eigenvalue weighted by Gasteiger charge is 2.25. The molecule has 0 aromatic heterocycles. The number of alkyl halides is 1. The van der Waals surface area contributed by atoms with Crippen molar-refractivity contribution < 1.29 is 13.2 Å². The molecule has 1 saturated heterocycles. The number of sulfonamides is 1. The molecule has 6 heteroatoms. The topological polar surface area (TPSA) is 55.4 Å². The van der Waals surface area contributed by atoms with E-state index in [1.807, 2.05) is 6.92 Å². The number of ether oxygens (including phenoxy) is 1. The van der Waals surface area contributed by atoms with Gasteiger partial charge in [-0.25, -0.2) is 13.1 Å². The van der Waals surface area contributed by atoms with E-state index >= 15 is 0 Å². The van der Waals surface area contributed by atoms with Crippen LogP contribution in [0, 0.1) is 0 Å². The van der Waals surface area contributed by atoms with Crippen LogP contribution in [0.3, 0.4) is 0 Å². The Balaban J connectivity index is 2.42. The highest BCUT2D eigenvalue weighted by Crippen LogP contribution is 2.15. The van der Waals surface area contributed by atoms with Crippen molar-refractivity contribution in [3.05, 3.63) is 0 Å². The summed E-state index contributed by atoms with van der Waals surface area (Å²) in [6.45, 7) is 2.55. The lowest BCUT2D eigenvalue weighted by Gasteiger charge is -2.19. The molecule has 0 saturated carbocycles. The molecule has 4 nitrogen and oxygen atoms in total. The first-order chi connectivity index (χ1) is 6.55. The molecule has 1 aliphatic rings. The van der Waals surface area contributed by atoms with E-state index in [4.69, 9.17) is 16.3 Å². The van der Waals surface area contributed by atoms with Crippen LogP contribution in [0.25, 0.3) is 0 Å². The maximum Gasteiger partial charge on any atom is 0.213 e. The molecular formula is C8H16ClNO3S. The lowest BCUT2D eigenvalue weighted by Crippen LogP contribution is -2.42. The number of nitrogens with one attached hydrogen (secondary N) is 1. The minimum atomic E-state index is -3.23. The first kappa shape index (κ1) is 12.2. The maximum atomic E-state index is 11.3. The molecule has 1 heterocycles. The van der Waals surface area contributed by atoms with E-state index in [0.717, 1.165) is 19.4 Å². The quantitative estimate of drug-likeness (QED) is 0.722. The molecule has 0 aromatic carbocycles. The monoisotopic (exact) mass is 241 g/mol. The average Bonchev–Trinajstić information content (AvgIpc) is 2.53. The van der Waals surface area contributed by atoms with Gasteiger partial charge in [0.1, 0.15) is 0 Å². The Morgan fingerprint density at radius 2 is 2.36 bits per heavy atom. The molecule has 2 atom stereocenters. The second-order valence-electron chi connectivity index (χ2n) is 3.47. The summed E-state index contributed by atoms with van der Waals surface area (Å²) in [6.07, 6.45) is 1.94. The zero-order chi connectivity index (χ0) is 10.6. The Bertz CT molecular complexity index is 262. The van der Waals surface area contributed by atoms with E-state index in [-0.39, 0.29) is 23.8 Å². The van der Waals surface area contributed by atoms with E-state index in [9.17, 15) is 8.42 Å². The van der Waals surface area contributed by atoms with Crippen molar-refractivity contribution in [2.45, 2.75) is 31.9 Å². The van der Waals surface area contributed by atoms with E-state index < -0.39 is 10.0 Å². The predicted molar refractivity (Wildman–Crippen MR) is 56.1 cm³/mol. The van der Waals surface area contributed by atoms with Gasteiger partial charge in [0.05, 0.1) is 11.9 Å². The van der Waals surface area contributed by atoms with Crippen LogP contribution in [-0.2, 0) is 14.8 Å². The van der Waals surface area contributed by atoms with Gasteiger partial charge in [0.25, 0.3) is 0 Å². The standard InChI is InChI=1S/C8H16ClNO3S/c1-7(8-3-2-5-13-8)10-14(11,12)6-4-9/h7-8,10H,2-6H2,1H3. The molecule has 1 fully saturated rings. The van der Waals surface area contributed by atoms with Gasteiger partial charge in [-0.2, -0.15) is 0 Å². The molecule has 0 radical (unpaired) electrons. The Labute approximate surface area is 90.0 Å². The second kappa shape index (κ2) is 5.30. The zero-order valence-corrected chi connectivity index (χ0v) is 9.77. The minimum absolute atomic E-state index is 0.0140. The molecule has 0 spiro atoms. The fraction of sp³-hybridized carbons (Fsp3) is 1.00. The van der Waals surface area contributed by atoms with Gasteiger partial charge in [-0.3, -0.25) is 0 Å². The van der Waals surface area contributed by atoms with Crippen molar-refractivity contribution >= 4 is 21.6 Å². The van der Waals surface area contributed by atoms with E-state index in [0.29, 0.717) is 0 Å². The molecule has 0 amide bonds. The van der Waals surface area contributed by atoms with Crippen LogP contribution < -0.4 is 4.72 Å². The minimum Gasteiger partial charge on any atom is -0.377 e. The Morgan fingerprint density at radius 1 is 1.64 bits per heavy atom. The highest BCUT2D eigenvalue weighted by atomic mass is 35.5. The summed E-state index contributed by atoms with van der Waals surface area (Å²) in [6, 6.07) is -0.161. The summed E-state index contributed by atoms with van der Waals surface area (Å²) < 4.78 is 30.6. The van der Waals surface area contributed by atoms with Crippen LogP contribution in [0.4, 0.5) is 0 Å². The fourth-order valence-electron chi connectivity index (χ4n) is 1.52. The third-order valence-corrected chi connectivity index (χ3v) is 4.12. The summed E-state index contributed by atoms with van der Waals surface area (Å²) >= 11 is 5.38. The van der Waals surface area contributed by atoms with Gasteiger partial charge in [0.15, 0.2) is 0 Å². The van der Waals surface area contributed by atoms with Gasteiger partial charge >= 0.3 is 0 Å². The molecule has 1 N–H and O–H groups in total. The van der Waals surface area contributed by atoms with Crippen LogP contribution >= 0.6 is 11.6 Å². The van der Waals surface area contributed by atoms with Gasteiger partial charge in [-0.15, -0.1) is 11.6 Å². The zero-order valence-electron chi connectivity index (χ0n) is 8.20. The van der Waals surface area contributed by atoms with E-state index in [1.165, 1.54) is 0 Å². The molecule has 84 valence electrons. The third-order valence-electron chi connectivity index (χ3n) is 2.23. The summed E-state index contributed by atoms with van der Waals surface area (Å²) in [5, 5.41) is 0. The number of halogens is 1. The first-order valence-electron chi connectivity index (χ1n) is 4.73. The molecule has 1 rings (SSSR count). The smallest absolute Gasteiger partial charge is 0.213 e. The molecule has 2 unspecified atom stereocenters. The van der Waals surface area contributed by atoms with Gasteiger partial charge < -0.3 is 4.74 Å². The normalized spacial score (nSPS) is 25.1. The largest absolute Gasteiger partial charge is 0.377 e. The Kier molecular flexibility index (Phi) is 4.63. The summed E-state index contributed by atoms with van der Waals surface area (Å²) in [4.78, 5) is 0. The maximum absolute atomic E-state index is 11.3. The molecule has 0 aliphatic carbocycles. The predicted octanol–water partition coefficient (Wildman–Crippen LogP) is 0.712. The van der Waals surface area contributed by atoms with Crippen LogP contribution in [0.2, 0.25) is 0 Å². The van der Waals surface area contributed by atoms with Gasteiger partial charge in [0, 0.05) is 18.5 Å². The molecule has 0 bridgehead atoms. The summed E-state index contributed by atoms with van der Waals surface area (Å²) in [5.74, 6) is 0.0825. The van der Waals surface area contributed by atoms with Crippen molar-refractivity contribution in [3.8, 4) is 0 Å². The number of hydrogen-bond acceptors (Lipinski definition) is 3. The van der Waals surface area contributed by atoms with Crippen molar-refractivity contribution in [2.75, 3.05) is 18.2 Å². The second-order valence-corrected chi connectivity index (χ2v) is 5.72. The Hall–Kier alpha value is 0.160. The lowest BCUT2D eigenvalue weighted by molar-refractivity contribution is 0.0902. The molecule has 14 heavy (non-hydrogen) atoms. The highest BCUT2D eigenvalue weighted by molar-refractivity contribution is 7.89.